The van der Waals surface area contributed by atoms with E-state index in [9.17, 15) is 22.8 Å². The number of alkyl halides is 4. The molecule has 0 radical (unpaired) electrons. The Morgan fingerprint density at radius 3 is 2.26 bits per heavy atom. The normalized spacial score (nSPS) is 13.8. The Hall–Kier alpha value is -2.78. The lowest BCUT2D eigenvalue weighted by atomic mass is 10.1. The highest BCUT2D eigenvalue weighted by molar-refractivity contribution is 6.15. The highest BCUT2D eigenvalue weighted by Gasteiger charge is 2.32. The van der Waals surface area contributed by atoms with Gasteiger partial charge >= 0.3 is 18.2 Å². The number of benzene rings is 2. The fourth-order valence-electron chi connectivity index (χ4n) is 3.08. The molecule has 0 unspecified atom stereocenters. The lowest BCUT2D eigenvalue weighted by Crippen LogP contribution is -2.51. The number of nitrogens with zero attached hydrogens (tertiary/aromatic N) is 2. The van der Waals surface area contributed by atoms with Gasteiger partial charge in [-0.05, 0) is 35.9 Å². The van der Waals surface area contributed by atoms with Crippen molar-refractivity contribution in [3.05, 3.63) is 65.2 Å². The number of halogens is 4. The SMILES string of the molecule is CCl.O=C(O)c1ccc(CN(C(=O)N2CCNCC2)c2cccc(C(F)(F)F)c2)cc1. The van der Waals surface area contributed by atoms with Crippen LogP contribution in [0.25, 0.3) is 0 Å². The van der Waals surface area contributed by atoms with Crippen LogP contribution in [0.5, 0.6) is 0 Å². The van der Waals surface area contributed by atoms with Gasteiger partial charge in [0.2, 0.25) is 0 Å². The van der Waals surface area contributed by atoms with Crippen LogP contribution >= 0.6 is 11.6 Å². The van der Waals surface area contributed by atoms with Gasteiger partial charge in [-0.2, -0.15) is 13.2 Å². The summed E-state index contributed by atoms with van der Waals surface area (Å²) in [5.74, 6) is -1.08. The Morgan fingerprint density at radius 2 is 1.71 bits per heavy atom. The summed E-state index contributed by atoms with van der Waals surface area (Å²) in [5, 5.41) is 12.1. The number of nitrogens with one attached hydrogen (secondary N) is 1. The second kappa shape index (κ2) is 11.0. The molecule has 2 aromatic rings. The number of anilines is 1. The summed E-state index contributed by atoms with van der Waals surface area (Å²) in [7, 11) is 0. The van der Waals surface area contributed by atoms with Gasteiger partial charge in [0.05, 0.1) is 17.7 Å². The predicted octanol–water partition coefficient (Wildman–Crippen LogP) is 4.29. The molecule has 1 aliphatic rings. The number of urea groups is 1. The maximum Gasteiger partial charge on any atom is 0.416 e. The van der Waals surface area contributed by atoms with E-state index in [1.54, 1.807) is 17.0 Å². The third kappa shape index (κ3) is 6.60. The van der Waals surface area contributed by atoms with E-state index in [1.165, 1.54) is 35.5 Å². The Bertz CT molecular complexity index is 885. The summed E-state index contributed by atoms with van der Waals surface area (Å²) < 4.78 is 39.5. The highest BCUT2D eigenvalue weighted by Crippen LogP contribution is 2.32. The zero-order chi connectivity index (χ0) is 23.0. The van der Waals surface area contributed by atoms with Crippen LogP contribution in [0.1, 0.15) is 21.5 Å². The Morgan fingerprint density at radius 1 is 1.10 bits per heavy atom. The number of carbonyl (C=O) groups is 2. The molecular weight excluding hydrogens is 435 g/mol. The fourth-order valence-corrected chi connectivity index (χ4v) is 3.08. The second-order valence-electron chi connectivity index (χ2n) is 6.66. The maximum atomic E-state index is 13.2. The monoisotopic (exact) mass is 457 g/mol. The number of carboxylic acid groups (broad SMARTS) is 1. The van der Waals surface area contributed by atoms with Crippen molar-refractivity contribution in [1.29, 1.82) is 0 Å². The zero-order valence-corrected chi connectivity index (χ0v) is 17.6. The third-order valence-electron chi connectivity index (χ3n) is 4.65. The van der Waals surface area contributed by atoms with Crippen molar-refractivity contribution in [2.24, 2.45) is 0 Å². The van der Waals surface area contributed by atoms with E-state index in [1.807, 2.05) is 0 Å². The van der Waals surface area contributed by atoms with E-state index in [-0.39, 0.29) is 17.8 Å². The summed E-state index contributed by atoms with van der Waals surface area (Å²) in [6.07, 6.45) is -3.05. The maximum absolute atomic E-state index is 13.2. The Balaban J connectivity index is 0.00000166. The molecule has 3 rings (SSSR count). The number of amides is 2. The standard InChI is InChI=1S/C20H20F3N3O3.CH3Cl/c21-20(22,23)16-2-1-3-17(12-16)26(19(29)25-10-8-24-9-11-25)13-14-4-6-15(7-5-14)18(27)28;1-2/h1-7,12,24H,8-11,13H2,(H,27,28);1H3. The molecule has 31 heavy (non-hydrogen) atoms. The van der Waals surface area contributed by atoms with Crippen LogP contribution in [0.15, 0.2) is 48.5 Å². The predicted molar refractivity (Wildman–Crippen MR) is 113 cm³/mol. The molecule has 1 heterocycles. The number of carboxylic acids is 1. The van der Waals surface area contributed by atoms with Gasteiger partial charge in [0.1, 0.15) is 0 Å². The van der Waals surface area contributed by atoms with Gasteiger partial charge in [0.25, 0.3) is 0 Å². The minimum atomic E-state index is -4.52. The molecule has 10 heteroatoms. The van der Waals surface area contributed by atoms with Crippen LogP contribution in [0.2, 0.25) is 0 Å². The second-order valence-corrected chi connectivity index (χ2v) is 6.66. The van der Waals surface area contributed by atoms with E-state index in [0.29, 0.717) is 31.7 Å². The molecule has 2 amide bonds. The van der Waals surface area contributed by atoms with E-state index in [4.69, 9.17) is 5.11 Å². The molecule has 0 atom stereocenters. The Labute approximate surface area is 183 Å². The first-order valence-corrected chi connectivity index (χ1v) is 10.2. The van der Waals surface area contributed by atoms with E-state index in [0.717, 1.165) is 12.1 Å². The van der Waals surface area contributed by atoms with Crippen LogP contribution in [-0.4, -0.2) is 54.6 Å². The molecule has 0 aliphatic carbocycles. The van der Waals surface area contributed by atoms with Gasteiger partial charge in [-0.25, -0.2) is 9.59 Å². The van der Waals surface area contributed by atoms with Crippen LogP contribution in [0.3, 0.4) is 0 Å². The number of piperazine rings is 1. The average molecular weight is 458 g/mol. The number of rotatable bonds is 4. The van der Waals surface area contributed by atoms with Crippen molar-refractivity contribution in [3.8, 4) is 0 Å². The van der Waals surface area contributed by atoms with Gasteiger partial charge in [-0.3, -0.25) is 4.90 Å². The van der Waals surface area contributed by atoms with Crippen molar-refractivity contribution >= 4 is 29.3 Å². The lowest BCUT2D eigenvalue weighted by molar-refractivity contribution is -0.137. The topological polar surface area (TPSA) is 72.9 Å². The Kier molecular flexibility index (Phi) is 8.70. The average Bonchev–Trinajstić information content (AvgIpc) is 2.79. The first-order valence-electron chi connectivity index (χ1n) is 9.40. The molecule has 0 spiro atoms. The van der Waals surface area contributed by atoms with Crippen molar-refractivity contribution in [2.75, 3.05) is 37.5 Å². The molecule has 0 saturated carbocycles. The highest BCUT2D eigenvalue weighted by atomic mass is 35.5. The minimum absolute atomic E-state index is 0.0178. The molecule has 2 N–H and O–H groups in total. The molecule has 168 valence electrons. The van der Waals surface area contributed by atoms with E-state index in [2.05, 4.69) is 16.9 Å². The van der Waals surface area contributed by atoms with Gasteiger partial charge < -0.3 is 15.3 Å². The van der Waals surface area contributed by atoms with Gasteiger partial charge in [0.15, 0.2) is 0 Å². The minimum Gasteiger partial charge on any atom is -0.478 e. The van der Waals surface area contributed by atoms with Crippen molar-refractivity contribution in [1.82, 2.24) is 10.2 Å². The van der Waals surface area contributed by atoms with Gasteiger partial charge in [-0.1, -0.05) is 18.2 Å². The summed E-state index contributed by atoms with van der Waals surface area (Å²) in [6.45, 7) is 2.13. The van der Waals surface area contributed by atoms with Gasteiger partial charge in [-0.15, -0.1) is 11.6 Å². The van der Waals surface area contributed by atoms with E-state index >= 15 is 0 Å². The van der Waals surface area contributed by atoms with Crippen molar-refractivity contribution < 1.29 is 27.9 Å². The van der Waals surface area contributed by atoms with Crippen LogP contribution in [-0.2, 0) is 12.7 Å². The summed E-state index contributed by atoms with van der Waals surface area (Å²) in [4.78, 5) is 27.0. The zero-order valence-electron chi connectivity index (χ0n) is 16.8. The quantitative estimate of drug-likeness (QED) is 0.672. The molecule has 1 fully saturated rings. The van der Waals surface area contributed by atoms with Crippen molar-refractivity contribution in [3.63, 3.8) is 0 Å². The molecule has 0 aromatic heterocycles. The molecular formula is C21H23ClF3N3O3. The van der Waals surface area contributed by atoms with Crippen LogP contribution in [0, 0.1) is 0 Å². The van der Waals surface area contributed by atoms with Crippen LogP contribution < -0.4 is 10.2 Å². The summed E-state index contributed by atoms with van der Waals surface area (Å²) in [6, 6.07) is 10.1. The summed E-state index contributed by atoms with van der Waals surface area (Å²) in [5.41, 5.74) is -0.0105. The molecule has 1 aliphatic heterocycles. The number of aromatic carboxylic acids is 1. The molecule has 0 bridgehead atoms. The van der Waals surface area contributed by atoms with Crippen molar-refractivity contribution in [2.45, 2.75) is 12.7 Å². The third-order valence-corrected chi connectivity index (χ3v) is 4.65. The van der Waals surface area contributed by atoms with E-state index < -0.39 is 23.7 Å². The van der Waals surface area contributed by atoms with Crippen LogP contribution in [0.4, 0.5) is 23.7 Å². The van der Waals surface area contributed by atoms with Gasteiger partial charge in [0, 0.05) is 38.2 Å². The largest absolute Gasteiger partial charge is 0.478 e. The number of hydrogen-bond acceptors (Lipinski definition) is 3. The number of hydrogen-bond donors (Lipinski definition) is 2. The fraction of sp³-hybridized carbons (Fsp3) is 0.333. The molecule has 2 aromatic carbocycles. The number of carbonyl (C=O) groups excluding carboxylic acids is 1. The first-order chi connectivity index (χ1) is 14.8. The summed E-state index contributed by atoms with van der Waals surface area (Å²) >= 11 is 4.64. The smallest absolute Gasteiger partial charge is 0.416 e. The lowest BCUT2D eigenvalue weighted by Gasteiger charge is -2.33. The first kappa shape index (κ1) is 24.5. The molecule has 6 nitrogen and oxygen atoms in total. The molecule has 1 saturated heterocycles.